The molecule has 0 bridgehead atoms. The van der Waals surface area contributed by atoms with E-state index in [-0.39, 0.29) is 41.7 Å². The first-order chi connectivity index (χ1) is 15.0. The Hall–Kier alpha value is -3.82. The fourth-order valence-corrected chi connectivity index (χ4v) is 3.12. The monoisotopic (exact) mass is 427 g/mol. The molecule has 8 nitrogen and oxygen atoms in total. The van der Waals surface area contributed by atoms with Gasteiger partial charge in [0.05, 0.1) is 11.8 Å². The quantitative estimate of drug-likeness (QED) is 0.436. The van der Waals surface area contributed by atoms with Gasteiger partial charge < -0.3 is 9.73 Å². The van der Waals surface area contributed by atoms with E-state index in [0.717, 1.165) is 12.1 Å². The number of rotatable bonds is 8. The number of amides is 1. The van der Waals surface area contributed by atoms with Crippen molar-refractivity contribution in [3.05, 3.63) is 76.8 Å². The van der Waals surface area contributed by atoms with Gasteiger partial charge >= 0.3 is 5.69 Å². The van der Waals surface area contributed by atoms with E-state index in [1.807, 2.05) is 0 Å². The first kappa shape index (κ1) is 20.5. The second kappa shape index (κ2) is 8.90. The zero-order chi connectivity index (χ0) is 21.8. The lowest BCUT2D eigenvalue weighted by Crippen LogP contribution is -2.27. The predicted molar refractivity (Wildman–Crippen MR) is 107 cm³/mol. The number of oxazole rings is 1. The summed E-state index contributed by atoms with van der Waals surface area (Å²) in [5, 5.41) is 7.00. The third-order valence-corrected chi connectivity index (χ3v) is 4.67. The van der Waals surface area contributed by atoms with Gasteiger partial charge in [0.1, 0.15) is 11.6 Å². The van der Waals surface area contributed by atoms with E-state index in [2.05, 4.69) is 15.4 Å². The summed E-state index contributed by atoms with van der Waals surface area (Å²) in [5.41, 5.74) is 0.452. The third kappa shape index (κ3) is 4.68. The molecule has 10 heteroatoms. The molecule has 1 aromatic carbocycles. The van der Waals surface area contributed by atoms with Gasteiger partial charge in [-0.05, 0) is 30.7 Å². The first-order valence-corrected chi connectivity index (χ1v) is 9.72. The summed E-state index contributed by atoms with van der Waals surface area (Å²) in [6.07, 6.45) is 3.92. The molecule has 160 valence electrons. The van der Waals surface area contributed by atoms with Crippen molar-refractivity contribution < 1.29 is 18.0 Å². The fraction of sp³-hybridized carbons (Fsp3) is 0.238. The molecule has 3 aromatic heterocycles. The van der Waals surface area contributed by atoms with Crippen LogP contribution in [0.3, 0.4) is 0 Å². The maximum Gasteiger partial charge on any atom is 0.350 e. The molecule has 0 fully saturated rings. The van der Waals surface area contributed by atoms with Crippen molar-refractivity contribution in [1.82, 2.24) is 24.5 Å². The largest absolute Gasteiger partial charge is 0.441 e. The van der Waals surface area contributed by atoms with Crippen molar-refractivity contribution in [2.75, 3.05) is 6.54 Å². The van der Waals surface area contributed by atoms with Crippen LogP contribution in [0.5, 0.6) is 0 Å². The Balaban J connectivity index is 1.23. The van der Waals surface area contributed by atoms with Crippen LogP contribution in [0.25, 0.3) is 17.0 Å². The topological polar surface area (TPSA) is 94.4 Å². The summed E-state index contributed by atoms with van der Waals surface area (Å²) in [4.78, 5) is 28.2. The second-order valence-electron chi connectivity index (χ2n) is 6.88. The standard InChI is InChI=1S/C21H19F2N5O3/c22-14-5-6-15(16(23)12-14)17-13-25-20(31-17)8-7-19(29)24-9-3-11-28-21(30)27-10-2-1-4-18(27)26-28/h1-2,4-6,10,12-13H,3,7-9,11H2,(H,24,29). The number of carbonyl (C=O) groups is 1. The highest BCUT2D eigenvalue weighted by Crippen LogP contribution is 2.24. The van der Waals surface area contributed by atoms with E-state index < -0.39 is 11.6 Å². The number of hydrogen-bond acceptors (Lipinski definition) is 5. The van der Waals surface area contributed by atoms with Crippen LogP contribution in [-0.2, 0) is 17.8 Å². The second-order valence-corrected chi connectivity index (χ2v) is 6.88. The van der Waals surface area contributed by atoms with Crippen LogP contribution in [0.15, 0.2) is 58.0 Å². The van der Waals surface area contributed by atoms with E-state index >= 15 is 0 Å². The molecule has 1 amide bonds. The van der Waals surface area contributed by atoms with Crippen molar-refractivity contribution in [3.8, 4) is 11.3 Å². The van der Waals surface area contributed by atoms with Crippen LogP contribution in [0.1, 0.15) is 18.7 Å². The van der Waals surface area contributed by atoms with Crippen molar-refractivity contribution in [3.63, 3.8) is 0 Å². The van der Waals surface area contributed by atoms with Crippen molar-refractivity contribution in [1.29, 1.82) is 0 Å². The molecule has 0 aliphatic rings. The van der Waals surface area contributed by atoms with Gasteiger partial charge in [0.15, 0.2) is 17.3 Å². The van der Waals surface area contributed by atoms with Crippen LogP contribution >= 0.6 is 0 Å². The van der Waals surface area contributed by atoms with Gasteiger partial charge in [-0.15, -0.1) is 5.10 Å². The number of fused-ring (bicyclic) bond motifs is 1. The highest BCUT2D eigenvalue weighted by molar-refractivity contribution is 5.76. The van der Waals surface area contributed by atoms with E-state index in [1.54, 1.807) is 24.4 Å². The Morgan fingerprint density at radius 3 is 2.87 bits per heavy atom. The Labute approximate surface area is 175 Å². The average Bonchev–Trinajstić information content (AvgIpc) is 3.35. The normalized spacial score (nSPS) is 11.2. The highest BCUT2D eigenvalue weighted by atomic mass is 19.1. The van der Waals surface area contributed by atoms with Crippen LogP contribution in [-0.4, -0.2) is 31.6 Å². The van der Waals surface area contributed by atoms with Gasteiger partial charge in [-0.1, -0.05) is 6.07 Å². The smallest absolute Gasteiger partial charge is 0.350 e. The molecule has 0 atom stereocenters. The Bertz CT molecular complexity index is 1280. The molecule has 0 unspecified atom stereocenters. The molecule has 4 rings (SSSR count). The highest BCUT2D eigenvalue weighted by Gasteiger charge is 2.13. The zero-order valence-corrected chi connectivity index (χ0v) is 16.4. The molecule has 4 aromatic rings. The molecule has 0 spiro atoms. The summed E-state index contributed by atoms with van der Waals surface area (Å²) in [6, 6.07) is 8.49. The van der Waals surface area contributed by atoms with Gasteiger partial charge in [0.25, 0.3) is 0 Å². The molecule has 0 aliphatic carbocycles. The Morgan fingerprint density at radius 2 is 2.06 bits per heavy atom. The number of nitrogens with one attached hydrogen (secondary N) is 1. The summed E-state index contributed by atoms with van der Waals surface area (Å²) in [7, 11) is 0. The van der Waals surface area contributed by atoms with E-state index in [9.17, 15) is 18.4 Å². The lowest BCUT2D eigenvalue weighted by molar-refractivity contribution is -0.121. The average molecular weight is 427 g/mol. The van der Waals surface area contributed by atoms with Gasteiger partial charge in [0.2, 0.25) is 5.91 Å². The molecule has 1 N–H and O–H groups in total. The number of pyridine rings is 1. The molecule has 3 heterocycles. The van der Waals surface area contributed by atoms with Crippen molar-refractivity contribution in [2.24, 2.45) is 0 Å². The van der Waals surface area contributed by atoms with Crippen molar-refractivity contribution in [2.45, 2.75) is 25.8 Å². The van der Waals surface area contributed by atoms with Gasteiger partial charge in [-0.3, -0.25) is 9.20 Å². The maximum absolute atomic E-state index is 13.8. The molecule has 0 saturated heterocycles. The Morgan fingerprint density at radius 1 is 1.19 bits per heavy atom. The molecule has 0 radical (unpaired) electrons. The maximum atomic E-state index is 13.8. The summed E-state index contributed by atoms with van der Waals surface area (Å²) < 4.78 is 35.1. The van der Waals surface area contributed by atoms with Crippen LogP contribution in [0, 0.1) is 11.6 Å². The van der Waals surface area contributed by atoms with E-state index in [0.29, 0.717) is 25.2 Å². The van der Waals surface area contributed by atoms with Crippen LogP contribution < -0.4 is 11.0 Å². The van der Waals surface area contributed by atoms with Gasteiger partial charge in [-0.25, -0.2) is 23.2 Å². The van der Waals surface area contributed by atoms with E-state index in [1.165, 1.54) is 21.3 Å². The lowest BCUT2D eigenvalue weighted by atomic mass is 10.2. The minimum Gasteiger partial charge on any atom is -0.441 e. The number of hydrogen-bond donors (Lipinski definition) is 1. The minimum absolute atomic E-state index is 0.104. The molecule has 0 aliphatic heterocycles. The molecule has 0 saturated carbocycles. The fourth-order valence-electron chi connectivity index (χ4n) is 3.12. The minimum atomic E-state index is -0.745. The first-order valence-electron chi connectivity index (χ1n) is 9.72. The molecular weight excluding hydrogens is 408 g/mol. The van der Waals surface area contributed by atoms with Gasteiger partial charge in [-0.2, -0.15) is 0 Å². The number of nitrogens with zero attached hydrogens (tertiary/aromatic N) is 4. The van der Waals surface area contributed by atoms with Gasteiger partial charge in [0, 0.05) is 38.2 Å². The number of benzene rings is 1. The summed E-state index contributed by atoms with van der Waals surface area (Å²) in [6.45, 7) is 0.768. The zero-order valence-electron chi connectivity index (χ0n) is 16.4. The van der Waals surface area contributed by atoms with Crippen molar-refractivity contribution >= 4 is 11.6 Å². The van der Waals surface area contributed by atoms with E-state index in [4.69, 9.17) is 4.42 Å². The lowest BCUT2D eigenvalue weighted by Gasteiger charge is -2.04. The number of carbonyl (C=O) groups excluding carboxylic acids is 1. The van der Waals surface area contributed by atoms with Crippen LogP contribution in [0.4, 0.5) is 8.78 Å². The Kier molecular flexibility index (Phi) is 5.87. The number of halogens is 2. The third-order valence-electron chi connectivity index (χ3n) is 4.67. The number of aromatic nitrogens is 4. The summed E-state index contributed by atoms with van der Waals surface area (Å²) >= 11 is 0. The molecule has 31 heavy (non-hydrogen) atoms. The predicted octanol–water partition coefficient (Wildman–Crippen LogP) is 2.57. The summed E-state index contributed by atoms with van der Waals surface area (Å²) in [5.74, 6) is -1.17. The SMILES string of the molecule is O=C(CCc1ncc(-c2ccc(F)cc2F)o1)NCCCn1nc2ccccn2c1=O. The number of aryl methyl sites for hydroxylation is 2. The van der Waals surface area contributed by atoms with Crippen LogP contribution in [0.2, 0.25) is 0 Å². The molecular formula is C21H19F2N5O3.